The van der Waals surface area contributed by atoms with Crippen LogP contribution < -0.4 is 5.32 Å². The van der Waals surface area contributed by atoms with Crippen LogP contribution >= 0.6 is 11.8 Å². The fourth-order valence-electron chi connectivity index (χ4n) is 0.808. The average molecular weight is 168 g/mol. The molecule has 0 saturated heterocycles. The average Bonchev–Trinajstić information content (AvgIpc) is 2.06. The number of anilines is 1. The molecular formula is C8H12N2S. The molecule has 0 spiro atoms. The molecule has 1 heterocycles. The number of pyridine rings is 1. The molecule has 0 aliphatic carbocycles. The van der Waals surface area contributed by atoms with Crippen LogP contribution in [0, 0.1) is 0 Å². The third-order valence-electron chi connectivity index (χ3n) is 1.29. The molecule has 11 heavy (non-hydrogen) atoms. The summed E-state index contributed by atoms with van der Waals surface area (Å²) in [4.78, 5) is 4.33. The SMILES string of the molecule is CCNc1cccc(SC)n1. The summed E-state index contributed by atoms with van der Waals surface area (Å²) in [6, 6.07) is 5.99. The van der Waals surface area contributed by atoms with E-state index in [1.165, 1.54) is 0 Å². The summed E-state index contributed by atoms with van der Waals surface area (Å²) < 4.78 is 0. The number of nitrogens with one attached hydrogen (secondary N) is 1. The summed E-state index contributed by atoms with van der Waals surface area (Å²) in [5.74, 6) is 0.958. The highest BCUT2D eigenvalue weighted by Gasteiger charge is 1.92. The number of hydrogen-bond acceptors (Lipinski definition) is 3. The highest BCUT2D eigenvalue weighted by molar-refractivity contribution is 7.98. The summed E-state index contributed by atoms with van der Waals surface area (Å²) in [6.45, 7) is 2.98. The van der Waals surface area contributed by atoms with Crippen molar-refractivity contribution in [1.82, 2.24) is 4.98 Å². The van der Waals surface area contributed by atoms with Crippen molar-refractivity contribution in [3.05, 3.63) is 18.2 Å². The van der Waals surface area contributed by atoms with E-state index in [-0.39, 0.29) is 0 Å². The van der Waals surface area contributed by atoms with Crippen molar-refractivity contribution in [3.63, 3.8) is 0 Å². The maximum absolute atomic E-state index is 4.33. The molecule has 0 amide bonds. The topological polar surface area (TPSA) is 24.9 Å². The van der Waals surface area contributed by atoms with Gasteiger partial charge in [0.15, 0.2) is 0 Å². The molecule has 3 heteroatoms. The summed E-state index contributed by atoms with van der Waals surface area (Å²) in [7, 11) is 0. The Bertz CT molecular complexity index is 225. The summed E-state index contributed by atoms with van der Waals surface area (Å²) in [6.07, 6.45) is 2.03. The minimum absolute atomic E-state index is 0.921. The Morgan fingerprint density at radius 2 is 2.36 bits per heavy atom. The van der Waals surface area contributed by atoms with Gasteiger partial charge in [0.2, 0.25) is 0 Å². The van der Waals surface area contributed by atoms with E-state index >= 15 is 0 Å². The molecule has 0 aromatic carbocycles. The van der Waals surface area contributed by atoms with Crippen LogP contribution in [-0.2, 0) is 0 Å². The van der Waals surface area contributed by atoms with Gasteiger partial charge < -0.3 is 5.32 Å². The van der Waals surface area contributed by atoms with E-state index in [0.29, 0.717) is 0 Å². The zero-order valence-electron chi connectivity index (χ0n) is 6.79. The van der Waals surface area contributed by atoms with E-state index in [4.69, 9.17) is 0 Å². The van der Waals surface area contributed by atoms with Crippen LogP contribution in [0.2, 0.25) is 0 Å². The Balaban J connectivity index is 2.74. The number of aromatic nitrogens is 1. The highest BCUT2D eigenvalue weighted by Crippen LogP contribution is 2.13. The molecule has 0 radical (unpaired) electrons. The fourth-order valence-corrected chi connectivity index (χ4v) is 1.21. The van der Waals surface area contributed by atoms with Crippen LogP contribution in [-0.4, -0.2) is 17.8 Å². The molecule has 0 fully saturated rings. The van der Waals surface area contributed by atoms with Gasteiger partial charge in [0.25, 0.3) is 0 Å². The van der Waals surface area contributed by atoms with Crippen molar-refractivity contribution in [2.75, 3.05) is 18.1 Å². The fraction of sp³-hybridized carbons (Fsp3) is 0.375. The van der Waals surface area contributed by atoms with Gasteiger partial charge in [0.05, 0.1) is 5.03 Å². The highest BCUT2D eigenvalue weighted by atomic mass is 32.2. The molecule has 0 atom stereocenters. The lowest BCUT2D eigenvalue weighted by Gasteiger charge is -2.02. The largest absolute Gasteiger partial charge is 0.370 e. The van der Waals surface area contributed by atoms with Gasteiger partial charge in [-0.2, -0.15) is 0 Å². The van der Waals surface area contributed by atoms with Gasteiger partial charge in [-0.15, -0.1) is 11.8 Å². The van der Waals surface area contributed by atoms with Crippen LogP contribution in [0.4, 0.5) is 5.82 Å². The Hall–Kier alpha value is -0.700. The van der Waals surface area contributed by atoms with Crippen molar-refractivity contribution in [3.8, 4) is 0 Å². The van der Waals surface area contributed by atoms with E-state index < -0.39 is 0 Å². The van der Waals surface area contributed by atoms with Crippen LogP contribution in [0.1, 0.15) is 6.92 Å². The van der Waals surface area contributed by atoms with Gasteiger partial charge in [-0.25, -0.2) is 4.98 Å². The van der Waals surface area contributed by atoms with Crippen LogP contribution in [0.15, 0.2) is 23.2 Å². The predicted molar refractivity (Wildman–Crippen MR) is 50.2 cm³/mol. The molecule has 1 aromatic rings. The third-order valence-corrected chi connectivity index (χ3v) is 1.94. The van der Waals surface area contributed by atoms with Gasteiger partial charge in [-0.05, 0) is 25.3 Å². The molecular weight excluding hydrogens is 156 g/mol. The predicted octanol–water partition coefficient (Wildman–Crippen LogP) is 2.24. The monoisotopic (exact) mass is 168 g/mol. The summed E-state index contributed by atoms with van der Waals surface area (Å²) in [5, 5.41) is 4.22. The van der Waals surface area contributed by atoms with Gasteiger partial charge in [-0.3, -0.25) is 0 Å². The number of thioether (sulfide) groups is 1. The number of nitrogens with zero attached hydrogens (tertiary/aromatic N) is 1. The van der Waals surface area contributed by atoms with Crippen molar-refractivity contribution in [1.29, 1.82) is 0 Å². The van der Waals surface area contributed by atoms with E-state index in [9.17, 15) is 0 Å². The Labute approximate surface area is 71.4 Å². The van der Waals surface area contributed by atoms with Crippen molar-refractivity contribution < 1.29 is 0 Å². The molecule has 2 nitrogen and oxygen atoms in total. The molecule has 1 N–H and O–H groups in total. The van der Waals surface area contributed by atoms with Gasteiger partial charge in [-0.1, -0.05) is 6.07 Å². The minimum Gasteiger partial charge on any atom is -0.370 e. The molecule has 1 rings (SSSR count). The van der Waals surface area contributed by atoms with Crippen LogP contribution in [0.5, 0.6) is 0 Å². The summed E-state index contributed by atoms with van der Waals surface area (Å²) in [5.41, 5.74) is 0. The number of rotatable bonds is 3. The third kappa shape index (κ3) is 2.42. The maximum atomic E-state index is 4.33. The molecule has 0 bridgehead atoms. The van der Waals surface area contributed by atoms with Crippen molar-refractivity contribution in [2.45, 2.75) is 11.9 Å². The first-order valence-electron chi connectivity index (χ1n) is 3.61. The quantitative estimate of drug-likeness (QED) is 0.701. The molecule has 0 saturated carbocycles. The van der Waals surface area contributed by atoms with Crippen molar-refractivity contribution >= 4 is 17.6 Å². The molecule has 0 aliphatic rings. The standard InChI is InChI=1S/C8H12N2S/c1-3-9-7-5-4-6-8(10-7)11-2/h4-6H,3H2,1-2H3,(H,9,10). The number of hydrogen-bond donors (Lipinski definition) is 1. The lowest BCUT2D eigenvalue weighted by Crippen LogP contribution is -1.98. The van der Waals surface area contributed by atoms with E-state index in [2.05, 4.69) is 17.2 Å². The normalized spacial score (nSPS) is 9.64. The minimum atomic E-state index is 0.921. The second-order valence-electron chi connectivity index (χ2n) is 2.10. The first-order valence-corrected chi connectivity index (χ1v) is 4.84. The lowest BCUT2D eigenvalue weighted by molar-refractivity contribution is 1.09. The molecule has 60 valence electrons. The lowest BCUT2D eigenvalue weighted by atomic mass is 10.4. The first kappa shape index (κ1) is 8.40. The second kappa shape index (κ2) is 4.23. The van der Waals surface area contributed by atoms with Crippen LogP contribution in [0.25, 0.3) is 0 Å². The van der Waals surface area contributed by atoms with Gasteiger partial charge >= 0.3 is 0 Å². The molecule has 0 unspecified atom stereocenters. The Morgan fingerprint density at radius 1 is 1.55 bits per heavy atom. The zero-order chi connectivity index (χ0) is 8.10. The van der Waals surface area contributed by atoms with E-state index in [0.717, 1.165) is 17.4 Å². The van der Waals surface area contributed by atoms with Crippen LogP contribution in [0.3, 0.4) is 0 Å². The first-order chi connectivity index (χ1) is 5.36. The second-order valence-corrected chi connectivity index (χ2v) is 2.92. The van der Waals surface area contributed by atoms with Crippen molar-refractivity contribution in [2.24, 2.45) is 0 Å². The molecule has 1 aromatic heterocycles. The van der Waals surface area contributed by atoms with Gasteiger partial charge in [0.1, 0.15) is 5.82 Å². The van der Waals surface area contributed by atoms with Gasteiger partial charge in [0, 0.05) is 6.54 Å². The van der Waals surface area contributed by atoms with E-state index in [1.807, 2.05) is 24.5 Å². The maximum Gasteiger partial charge on any atom is 0.127 e. The Morgan fingerprint density at radius 3 is 3.00 bits per heavy atom. The van der Waals surface area contributed by atoms with E-state index in [1.54, 1.807) is 11.8 Å². The summed E-state index contributed by atoms with van der Waals surface area (Å²) >= 11 is 1.66. The molecule has 0 aliphatic heterocycles. The smallest absolute Gasteiger partial charge is 0.127 e. The Kier molecular flexibility index (Phi) is 3.23. The zero-order valence-corrected chi connectivity index (χ0v) is 7.61.